The van der Waals surface area contributed by atoms with E-state index in [1.54, 1.807) is 6.92 Å². The first-order chi connectivity index (χ1) is 5.44. The lowest BCUT2D eigenvalue weighted by atomic mass is 9.78. The molecule has 0 aromatic heterocycles. The van der Waals surface area contributed by atoms with Gasteiger partial charge in [0, 0.05) is 5.92 Å². The molecule has 12 heavy (non-hydrogen) atoms. The van der Waals surface area contributed by atoms with Crippen LogP contribution >= 0.6 is 0 Å². The monoisotopic (exact) mass is 172 g/mol. The third kappa shape index (κ3) is 3.03. The SMILES string of the molecule is COC(=O)CC(C)(C)C(C)C=O. The maximum absolute atomic E-state index is 10.9. The highest BCUT2D eigenvalue weighted by molar-refractivity contribution is 5.71. The van der Waals surface area contributed by atoms with Crippen molar-refractivity contribution in [3.8, 4) is 0 Å². The molecule has 0 rings (SSSR count). The minimum atomic E-state index is -0.311. The van der Waals surface area contributed by atoms with Crippen molar-refractivity contribution in [3.05, 3.63) is 0 Å². The smallest absolute Gasteiger partial charge is 0.306 e. The molecule has 0 aliphatic rings. The van der Waals surface area contributed by atoms with Crippen LogP contribution in [0.25, 0.3) is 0 Å². The van der Waals surface area contributed by atoms with E-state index in [0.717, 1.165) is 6.29 Å². The number of esters is 1. The molecule has 0 N–H and O–H groups in total. The predicted octanol–water partition coefficient (Wildman–Crippen LogP) is 1.41. The van der Waals surface area contributed by atoms with E-state index in [2.05, 4.69) is 4.74 Å². The number of hydrogen-bond donors (Lipinski definition) is 0. The Labute approximate surface area is 73.1 Å². The average molecular weight is 172 g/mol. The lowest BCUT2D eigenvalue weighted by molar-refractivity contribution is -0.143. The summed E-state index contributed by atoms with van der Waals surface area (Å²) >= 11 is 0. The van der Waals surface area contributed by atoms with Crippen LogP contribution in [0.15, 0.2) is 0 Å². The molecule has 0 fully saturated rings. The topological polar surface area (TPSA) is 43.4 Å². The zero-order chi connectivity index (χ0) is 9.78. The van der Waals surface area contributed by atoms with Crippen molar-refractivity contribution in [3.63, 3.8) is 0 Å². The van der Waals surface area contributed by atoms with E-state index in [1.807, 2.05) is 13.8 Å². The van der Waals surface area contributed by atoms with Gasteiger partial charge in [-0.25, -0.2) is 0 Å². The molecule has 0 aliphatic heterocycles. The van der Waals surface area contributed by atoms with Crippen molar-refractivity contribution in [2.24, 2.45) is 11.3 Å². The van der Waals surface area contributed by atoms with Gasteiger partial charge in [-0.1, -0.05) is 20.8 Å². The summed E-state index contributed by atoms with van der Waals surface area (Å²) in [5.41, 5.74) is -0.311. The molecule has 0 radical (unpaired) electrons. The Bertz CT molecular complexity index is 173. The fourth-order valence-electron chi connectivity index (χ4n) is 0.789. The number of ether oxygens (including phenoxy) is 1. The molecule has 3 nitrogen and oxygen atoms in total. The molecule has 0 aromatic carbocycles. The van der Waals surface area contributed by atoms with E-state index < -0.39 is 0 Å². The predicted molar refractivity (Wildman–Crippen MR) is 45.6 cm³/mol. The molecular weight excluding hydrogens is 156 g/mol. The zero-order valence-corrected chi connectivity index (χ0v) is 8.09. The van der Waals surface area contributed by atoms with E-state index in [1.165, 1.54) is 7.11 Å². The zero-order valence-electron chi connectivity index (χ0n) is 8.09. The Morgan fingerprint density at radius 2 is 2.08 bits per heavy atom. The van der Waals surface area contributed by atoms with Gasteiger partial charge >= 0.3 is 5.97 Å². The molecular formula is C9H16O3. The molecule has 0 amide bonds. The minimum absolute atomic E-state index is 0.128. The van der Waals surface area contributed by atoms with Crippen LogP contribution < -0.4 is 0 Å². The first kappa shape index (κ1) is 11.1. The molecule has 1 unspecified atom stereocenters. The first-order valence-electron chi connectivity index (χ1n) is 3.96. The van der Waals surface area contributed by atoms with Crippen molar-refractivity contribution in [1.82, 2.24) is 0 Å². The van der Waals surface area contributed by atoms with Crippen molar-refractivity contribution < 1.29 is 14.3 Å². The first-order valence-corrected chi connectivity index (χ1v) is 3.96. The van der Waals surface area contributed by atoms with E-state index >= 15 is 0 Å². The summed E-state index contributed by atoms with van der Waals surface area (Å²) in [6, 6.07) is 0. The van der Waals surface area contributed by atoms with Gasteiger partial charge in [0.1, 0.15) is 6.29 Å². The third-order valence-electron chi connectivity index (χ3n) is 2.26. The number of aldehydes is 1. The van der Waals surface area contributed by atoms with Crippen LogP contribution in [0.3, 0.4) is 0 Å². The van der Waals surface area contributed by atoms with Crippen LogP contribution in [0.2, 0.25) is 0 Å². The van der Waals surface area contributed by atoms with E-state index in [4.69, 9.17) is 0 Å². The Morgan fingerprint density at radius 1 is 1.58 bits per heavy atom. The van der Waals surface area contributed by atoms with E-state index in [-0.39, 0.29) is 23.7 Å². The normalized spacial score (nSPS) is 13.7. The maximum atomic E-state index is 10.9. The molecule has 3 heteroatoms. The van der Waals surface area contributed by atoms with Gasteiger partial charge in [-0.05, 0) is 5.41 Å². The second-order valence-electron chi connectivity index (χ2n) is 3.67. The van der Waals surface area contributed by atoms with Gasteiger partial charge in [0.25, 0.3) is 0 Å². The Hall–Kier alpha value is -0.860. The number of carbonyl (C=O) groups excluding carboxylic acids is 2. The van der Waals surface area contributed by atoms with E-state index in [0.29, 0.717) is 0 Å². The minimum Gasteiger partial charge on any atom is -0.469 e. The second kappa shape index (κ2) is 4.24. The highest BCUT2D eigenvalue weighted by atomic mass is 16.5. The lowest BCUT2D eigenvalue weighted by Gasteiger charge is -2.26. The molecule has 0 aromatic rings. The highest BCUT2D eigenvalue weighted by Gasteiger charge is 2.28. The third-order valence-corrected chi connectivity index (χ3v) is 2.26. The Kier molecular flexibility index (Phi) is 3.93. The molecule has 0 saturated heterocycles. The summed E-state index contributed by atoms with van der Waals surface area (Å²) in [7, 11) is 1.35. The fraction of sp³-hybridized carbons (Fsp3) is 0.778. The maximum Gasteiger partial charge on any atom is 0.306 e. The van der Waals surface area contributed by atoms with Gasteiger partial charge in [0.15, 0.2) is 0 Å². The average Bonchev–Trinajstić information content (AvgIpc) is 2.02. The molecule has 0 spiro atoms. The summed E-state index contributed by atoms with van der Waals surface area (Å²) in [5, 5.41) is 0. The van der Waals surface area contributed by atoms with Gasteiger partial charge in [-0.15, -0.1) is 0 Å². The Balaban J connectivity index is 4.20. The summed E-state index contributed by atoms with van der Waals surface area (Å²) in [6.07, 6.45) is 1.15. The van der Waals surface area contributed by atoms with Crippen LogP contribution in [0.4, 0.5) is 0 Å². The van der Waals surface area contributed by atoms with Gasteiger partial charge in [0.05, 0.1) is 13.5 Å². The molecule has 0 aliphatic carbocycles. The van der Waals surface area contributed by atoms with Crippen molar-refractivity contribution in [2.45, 2.75) is 27.2 Å². The summed E-state index contributed by atoms with van der Waals surface area (Å²) in [6.45, 7) is 5.56. The highest BCUT2D eigenvalue weighted by Crippen LogP contribution is 2.29. The van der Waals surface area contributed by atoms with Crippen LogP contribution in [0.5, 0.6) is 0 Å². The van der Waals surface area contributed by atoms with Crippen LogP contribution in [-0.4, -0.2) is 19.4 Å². The van der Waals surface area contributed by atoms with Crippen molar-refractivity contribution >= 4 is 12.3 Å². The summed E-state index contributed by atoms with van der Waals surface area (Å²) < 4.78 is 4.53. The van der Waals surface area contributed by atoms with Gasteiger partial charge in [-0.3, -0.25) is 4.79 Å². The molecule has 0 saturated carbocycles. The summed E-state index contributed by atoms with van der Waals surface area (Å²) in [4.78, 5) is 21.4. The Morgan fingerprint density at radius 3 is 2.42 bits per heavy atom. The number of hydrogen-bond acceptors (Lipinski definition) is 3. The number of carbonyl (C=O) groups is 2. The molecule has 1 atom stereocenters. The van der Waals surface area contributed by atoms with Gasteiger partial charge in [0.2, 0.25) is 0 Å². The van der Waals surface area contributed by atoms with Gasteiger partial charge < -0.3 is 9.53 Å². The van der Waals surface area contributed by atoms with Crippen molar-refractivity contribution in [1.29, 1.82) is 0 Å². The van der Waals surface area contributed by atoms with Crippen molar-refractivity contribution in [2.75, 3.05) is 7.11 Å². The summed E-state index contributed by atoms with van der Waals surface area (Å²) in [5.74, 6) is -0.398. The lowest BCUT2D eigenvalue weighted by Crippen LogP contribution is -2.26. The quantitative estimate of drug-likeness (QED) is 0.475. The fourth-order valence-corrected chi connectivity index (χ4v) is 0.789. The van der Waals surface area contributed by atoms with E-state index in [9.17, 15) is 9.59 Å². The van der Waals surface area contributed by atoms with Crippen LogP contribution in [-0.2, 0) is 14.3 Å². The largest absolute Gasteiger partial charge is 0.469 e. The molecule has 70 valence electrons. The van der Waals surface area contributed by atoms with Crippen LogP contribution in [0, 0.1) is 11.3 Å². The van der Waals surface area contributed by atoms with Gasteiger partial charge in [-0.2, -0.15) is 0 Å². The standard InChI is InChI=1S/C9H16O3/c1-7(6-10)9(2,3)5-8(11)12-4/h6-7H,5H2,1-4H3. The molecule has 0 bridgehead atoms. The number of rotatable bonds is 4. The number of methoxy groups -OCH3 is 1. The molecule has 0 heterocycles. The van der Waals surface area contributed by atoms with Crippen LogP contribution in [0.1, 0.15) is 27.2 Å². The second-order valence-corrected chi connectivity index (χ2v) is 3.67.